The summed E-state index contributed by atoms with van der Waals surface area (Å²) in [6.07, 6.45) is 6.76. The molecular weight excluding hydrogens is 110 g/mol. The van der Waals surface area contributed by atoms with E-state index in [9.17, 15) is 0 Å². The van der Waals surface area contributed by atoms with E-state index in [2.05, 4.69) is 18.0 Å². The summed E-state index contributed by atoms with van der Waals surface area (Å²) >= 11 is 0. The summed E-state index contributed by atoms with van der Waals surface area (Å²) < 4.78 is 0. The first-order valence-electron chi connectivity index (χ1n) is 3.43. The molecule has 0 radical (unpaired) electrons. The van der Waals surface area contributed by atoms with Crippen LogP contribution in [0.5, 0.6) is 0 Å². The Morgan fingerprint density at radius 1 is 1.56 bits per heavy atom. The van der Waals surface area contributed by atoms with E-state index in [1.54, 1.807) is 7.05 Å². The second-order valence-corrected chi connectivity index (χ2v) is 2.59. The molecule has 0 bridgehead atoms. The topological polar surface area (TPSA) is 12.4 Å². The van der Waals surface area contributed by atoms with Crippen LogP contribution in [0.3, 0.4) is 0 Å². The van der Waals surface area contributed by atoms with Gasteiger partial charge in [0.25, 0.3) is 0 Å². The van der Waals surface area contributed by atoms with Crippen LogP contribution in [0.25, 0.3) is 0 Å². The van der Waals surface area contributed by atoms with Gasteiger partial charge in [-0.2, -0.15) is 0 Å². The molecule has 0 atom stereocenters. The molecule has 0 spiro atoms. The number of aliphatic imine (C=N–C) groups is 1. The summed E-state index contributed by atoms with van der Waals surface area (Å²) in [6.45, 7) is 2.18. The highest BCUT2D eigenvalue weighted by Gasteiger charge is 2.22. The van der Waals surface area contributed by atoms with E-state index >= 15 is 0 Å². The Labute approximate surface area is 56.5 Å². The zero-order valence-electron chi connectivity index (χ0n) is 6.09. The molecule has 1 rings (SSSR count). The summed E-state index contributed by atoms with van der Waals surface area (Å²) in [5.74, 6) is 0.892. The van der Waals surface area contributed by atoms with Crippen molar-refractivity contribution in [3.63, 3.8) is 0 Å². The lowest BCUT2D eigenvalue weighted by Gasteiger charge is -1.89. The van der Waals surface area contributed by atoms with Gasteiger partial charge in [0, 0.05) is 13.3 Å². The molecule has 1 fully saturated rings. The number of rotatable bonds is 2. The highest BCUT2D eigenvalue weighted by molar-refractivity contribution is 5.72. The molecule has 0 aliphatic heterocycles. The average Bonchev–Trinajstić information content (AvgIpc) is 2.63. The van der Waals surface area contributed by atoms with Crippen LogP contribution >= 0.6 is 0 Å². The Morgan fingerprint density at radius 2 is 2.22 bits per heavy atom. The van der Waals surface area contributed by atoms with Gasteiger partial charge in [0.1, 0.15) is 0 Å². The summed E-state index contributed by atoms with van der Waals surface area (Å²) in [7, 11) is 1.80. The molecule has 1 aliphatic carbocycles. The predicted molar refractivity (Wildman–Crippen MR) is 40.9 cm³/mol. The third-order valence-electron chi connectivity index (χ3n) is 1.71. The highest BCUT2D eigenvalue weighted by atomic mass is 14.6. The van der Waals surface area contributed by atoms with Crippen LogP contribution in [0.15, 0.2) is 16.6 Å². The summed E-state index contributed by atoms with van der Waals surface area (Å²) in [5, 5.41) is 0. The van der Waals surface area contributed by atoms with Crippen molar-refractivity contribution in [2.75, 3.05) is 7.05 Å². The first-order chi connectivity index (χ1) is 4.34. The predicted octanol–water partition coefficient (Wildman–Crippen LogP) is 2.04. The fraction of sp³-hybridized carbons (Fsp3) is 0.625. The molecule has 1 nitrogen and oxygen atoms in total. The molecule has 0 amide bonds. The van der Waals surface area contributed by atoms with Crippen molar-refractivity contribution in [2.45, 2.75) is 19.8 Å². The molecule has 1 aliphatic rings. The Balaban J connectivity index is 2.37. The normalized spacial score (nSPS) is 21.3. The Morgan fingerprint density at radius 3 is 2.67 bits per heavy atom. The molecule has 0 unspecified atom stereocenters. The SMILES string of the molecule is CN=C/C=C(\C)C1CC1. The second-order valence-electron chi connectivity index (χ2n) is 2.59. The lowest BCUT2D eigenvalue weighted by Crippen LogP contribution is -1.77. The monoisotopic (exact) mass is 123 g/mol. The van der Waals surface area contributed by atoms with E-state index in [0.29, 0.717) is 0 Å². The maximum atomic E-state index is 3.88. The van der Waals surface area contributed by atoms with Gasteiger partial charge < -0.3 is 0 Å². The molecule has 0 saturated heterocycles. The van der Waals surface area contributed by atoms with Crippen molar-refractivity contribution in [3.05, 3.63) is 11.6 Å². The van der Waals surface area contributed by atoms with Gasteiger partial charge in [-0.05, 0) is 31.8 Å². The molecule has 0 heterocycles. The van der Waals surface area contributed by atoms with Crippen LogP contribution in [0.1, 0.15) is 19.8 Å². The average molecular weight is 123 g/mol. The van der Waals surface area contributed by atoms with Crippen molar-refractivity contribution < 1.29 is 0 Å². The van der Waals surface area contributed by atoms with Gasteiger partial charge in [0.2, 0.25) is 0 Å². The van der Waals surface area contributed by atoms with Gasteiger partial charge in [-0.1, -0.05) is 5.57 Å². The highest BCUT2D eigenvalue weighted by Crippen LogP contribution is 2.35. The second kappa shape index (κ2) is 2.81. The van der Waals surface area contributed by atoms with Gasteiger partial charge in [-0.15, -0.1) is 0 Å². The van der Waals surface area contributed by atoms with Gasteiger partial charge in [-0.3, -0.25) is 4.99 Å². The van der Waals surface area contributed by atoms with Crippen molar-refractivity contribution in [2.24, 2.45) is 10.9 Å². The smallest absolute Gasteiger partial charge is 0.0277 e. The Hall–Kier alpha value is -0.590. The molecule has 9 heavy (non-hydrogen) atoms. The number of nitrogens with zero attached hydrogens (tertiary/aromatic N) is 1. The Bertz CT molecular complexity index is 141. The lowest BCUT2D eigenvalue weighted by atomic mass is 10.2. The number of hydrogen-bond acceptors (Lipinski definition) is 1. The molecule has 1 heteroatoms. The van der Waals surface area contributed by atoms with E-state index in [-0.39, 0.29) is 0 Å². The van der Waals surface area contributed by atoms with Crippen LogP contribution in [0.4, 0.5) is 0 Å². The fourth-order valence-corrected chi connectivity index (χ4v) is 0.867. The molecule has 0 N–H and O–H groups in total. The quantitative estimate of drug-likeness (QED) is 0.498. The van der Waals surface area contributed by atoms with E-state index in [0.717, 1.165) is 5.92 Å². The van der Waals surface area contributed by atoms with E-state index in [1.165, 1.54) is 18.4 Å². The van der Waals surface area contributed by atoms with Crippen molar-refractivity contribution in [1.82, 2.24) is 0 Å². The molecule has 0 aromatic rings. The largest absolute Gasteiger partial charge is 0.297 e. The first-order valence-corrected chi connectivity index (χ1v) is 3.43. The number of hydrogen-bond donors (Lipinski definition) is 0. The van der Waals surface area contributed by atoms with Gasteiger partial charge >= 0.3 is 0 Å². The first kappa shape index (κ1) is 6.53. The van der Waals surface area contributed by atoms with E-state index in [4.69, 9.17) is 0 Å². The fourth-order valence-electron chi connectivity index (χ4n) is 0.867. The minimum atomic E-state index is 0.892. The van der Waals surface area contributed by atoms with Gasteiger partial charge in [0.15, 0.2) is 0 Å². The van der Waals surface area contributed by atoms with Crippen molar-refractivity contribution in [3.8, 4) is 0 Å². The van der Waals surface area contributed by atoms with Crippen molar-refractivity contribution in [1.29, 1.82) is 0 Å². The maximum Gasteiger partial charge on any atom is 0.0277 e. The van der Waals surface area contributed by atoms with E-state index in [1.807, 2.05) is 6.21 Å². The molecule has 50 valence electrons. The lowest BCUT2D eigenvalue weighted by molar-refractivity contribution is 1.01. The summed E-state index contributed by atoms with van der Waals surface area (Å²) in [6, 6.07) is 0. The maximum absolute atomic E-state index is 3.88. The molecular formula is C8H13N. The minimum Gasteiger partial charge on any atom is -0.297 e. The summed E-state index contributed by atoms with van der Waals surface area (Å²) in [5.41, 5.74) is 1.49. The van der Waals surface area contributed by atoms with Gasteiger partial charge in [0.05, 0.1) is 0 Å². The summed E-state index contributed by atoms with van der Waals surface area (Å²) in [4.78, 5) is 3.88. The minimum absolute atomic E-state index is 0.892. The van der Waals surface area contributed by atoms with Gasteiger partial charge in [-0.25, -0.2) is 0 Å². The zero-order valence-corrected chi connectivity index (χ0v) is 6.09. The number of allylic oxidation sites excluding steroid dienone is 2. The molecule has 1 saturated carbocycles. The van der Waals surface area contributed by atoms with Crippen LogP contribution in [0.2, 0.25) is 0 Å². The van der Waals surface area contributed by atoms with Crippen LogP contribution in [-0.4, -0.2) is 13.3 Å². The standard InChI is InChI=1S/C8H13N/c1-7(5-6-9-2)8-3-4-8/h5-6,8H,3-4H2,1-2H3/b7-5+,9-6?. The molecule has 0 aromatic heterocycles. The van der Waals surface area contributed by atoms with Crippen LogP contribution in [-0.2, 0) is 0 Å². The van der Waals surface area contributed by atoms with Crippen molar-refractivity contribution >= 4 is 6.21 Å². The van der Waals surface area contributed by atoms with Crippen LogP contribution in [0, 0.1) is 5.92 Å². The zero-order chi connectivity index (χ0) is 6.69. The Kier molecular flexibility index (Phi) is 2.04. The molecule has 0 aromatic carbocycles. The third-order valence-corrected chi connectivity index (χ3v) is 1.71. The van der Waals surface area contributed by atoms with E-state index < -0.39 is 0 Å². The van der Waals surface area contributed by atoms with Crippen LogP contribution < -0.4 is 0 Å². The third kappa shape index (κ3) is 2.00.